The van der Waals surface area contributed by atoms with Gasteiger partial charge in [0.05, 0.1) is 5.25 Å². The Kier molecular flexibility index (Phi) is 4.57. The van der Waals surface area contributed by atoms with Gasteiger partial charge in [0.2, 0.25) is 0 Å². The predicted molar refractivity (Wildman–Crippen MR) is 95.9 cm³/mol. The minimum atomic E-state index is -0.224. The number of nitrogens with zero attached hydrogens (tertiary/aromatic N) is 4. The largest absolute Gasteiger partial charge is 0.318 e. The summed E-state index contributed by atoms with van der Waals surface area (Å²) in [5.41, 5.74) is 3.85. The SMILES string of the molecule is Cc1cc(C(=O)[C@H](C)Sc2nncn2C)c(C)n1-c1ccccc1. The average molecular weight is 340 g/mol. The van der Waals surface area contributed by atoms with Gasteiger partial charge in [-0.2, -0.15) is 0 Å². The highest BCUT2D eigenvalue weighted by Crippen LogP contribution is 2.27. The highest BCUT2D eigenvalue weighted by Gasteiger charge is 2.23. The highest BCUT2D eigenvalue weighted by molar-refractivity contribution is 8.00. The fraction of sp³-hybridized carbons (Fsp3) is 0.278. The van der Waals surface area contributed by atoms with Gasteiger partial charge < -0.3 is 9.13 Å². The summed E-state index contributed by atoms with van der Waals surface area (Å²) in [6.07, 6.45) is 1.64. The summed E-state index contributed by atoms with van der Waals surface area (Å²) >= 11 is 1.43. The third-order valence-corrected chi connectivity index (χ3v) is 5.18. The molecule has 6 heteroatoms. The third-order valence-electron chi connectivity index (χ3n) is 4.03. The lowest BCUT2D eigenvalue weighted by atomic mass is 10.1. The Labute approximate surface area is 145 Å². The van der Waals surface area contributed by atoms with Crippen LogP contribution in [-0.4, -0.2) is 30.4 Å². The van der Waals surface area contributed by atoms with Gasteiger partial charge in [0.15, 0.2) is 10.9 Å². The summed E-state index contributed by atoms with van der Waals surface area (Å²) in [6.45, 7) is 5.93. The predicted octanol–water partition coefficient (Wildman–Crippen LogP) is 3.59. The number of carbonyl (C=O) groups excluding carboxylic acids is 1. The van der Waals surface area contributed by atoms with E-state index in [0.29, 0.717) is 0 Å². The van der Waals surface area contributed by atoms with E-state index < -0.39 is 0 Å². The van der Waals surface area contributed by atoms with E-state index in [-0.39, 0.29) is 11.0 Å². The van der Waals surface area contributed by atoms with E-state index >= 15 is 0 Å². The van der Waals surface area contributed by atoms with Crippen molar-refractivity contribution in [2.24, 2.45) is 7.05 Å². The van der Waals surface area contributed by atoms with Crippen LogP contribution >= 0.6 is 11.8 Å². The topological polar surface area (TPSA) is 52.7 Å². The molecule has 5 nitrogen and oxygen atoms in total. The van der Waals surface area contributed by atoms with E-state index in [0.717, 1.165) is 27.8 Å². The molecule has 24 heavy (non-hydrogen) atoms. The van der Waals surface area contributed by atoms with Crippen LogP contribution in [0.3, 0.4) is 0 Å². The number of hydrogen-bond acceptors (Lipinski definition) is 4. The fourth-order valence-corrected chi connectivity index (χ4v) is 3.65. The number of aryl methyl sites for hydroxylation is 2. The molecule has 0 aliphatic rings. The minimum Gasteiger partial charge on any atom is -0.318 e. The summed E-state index contributed by atoms with van der Waals surface area (Å²) in [6, 6.07) is 12.1. The molecule has 0 fully saturated rings. The second kappa shape index (κ2) is 6.65. The van der Waals surface area contributed by atoms with Crippen LogP contribution in [-0.2, 0) is 7.05 Å². The van der Waals surface area contributed by atoms with Crippen LogP contribution < -0.4 is 0 Å². The Hall–Kier alpha value is -2.34. The third kappa shape index (κ3) is 3.01. The molecule has 0 amide bonds. The fourth-order valence-electron chi connectivity index (χ4n) is 2.80. The standard InChI is InChI=1S/C18H20N4OS/c1-12-10-16(13(2)22(12)15-8-6-5-7-9-15)17(23)14(3)24-18-20-19-11-21(18)4/h5-11,14H,1-4H3/t14-/m0/s1. The van der Waals surface area contributed by atoms with Gasteiger partial charge in [-0.25, -0.2) is 0 Å². The molecule has 1 atom stereocenters. The number of ketones is 1. The maximum atomic E-state index is 12.9. The summed E-state index contributed by atoms with van der Waals surface area (Å²) in [7, 11) is 1.88. The van der Waals surface area contributed by atoms with Gasteiger partial charge in [0.25, 0.3) is 0 Å². The van der Waals surface area contributed by atoms with Crippen molar-refractivity contribution in [3.05, 3.63) is 59.7 Å². The number of benzene rings is 1. The van der Waals surface area contributed by atoms with Crippen LogP contribution in [0.15, 0.2) is 47.9 Å². The molecule has 0 N–H and O–H groups in total. The first-order valence-electron chi connectivity index (χ1n) is 7.78. The first-order chi connectivity index (χ1) is 11.5. The quantitative estimate of drug-likeness (QED) is 0.526. The maximum absolute atomic E-state index is 12.9. The number of carbonyl (C=O) groups is 1. The van der Waals surface area contributed by atoms with Crippen molar-refractivity contribution in [1.29, 1.82) is 0 Å². The lowest BCUT2D eigenvalue weighted by Crippen LogP contribution is -2.15. The number of para-hydroxylation sites is 1. The van der Waals surface area contributed by atoms with Crippen LogP contribution in [0, 0.1) is 13.8 Å². The van der Waals surface area contributed by atoms with Gasteiger partial charge in [0, 0.05) is 29.7 Å². The van der Waals surface area contributed by atoms with Crippen LogP contribution in [0.2, 0.25) is 0 Å². The van der Waals surface area contributed by atoms with Gasteiger partial charge in [-0.1, -0.05) is 30.0 Å². The van der Waals surface area contributed by atoms with E-state index in [9.17, 15) is 4.79 Å². The molecule has 124 valence electrons. The maximum Gasteiger partial charge on any atom is 0.191 e. The zero-order chi connectivity index (χ0) is 17.3. The summed E-state index contributed by atoms with van der Waals surface area (Å²) < 4.78 is 3.94. The van der Waals surface area contributed by atoms with Gasteiger partial charge in [-0.15, -0.1) is 10.2 Å². The van der Waals surface area contributed by atoms with Crippen molar-refractivity contribution in [3.8, 4) is 5.69 Å². The molecule has 0 spiro atoms. The van der Waals surface area contributed by atoms with Crippen LogP contribution in [0.25, 0.3) is 5.69 Å². The van der Waals surface area contributed by atoms with E-state index in [4.69, 9.17) is 0 Å². The van der Waals surface area contributed by atoms with Crippen molar-refractivity contribution in [3.63, 3.8) is 0 Å². The molecule has 0 aliphatic heterocycles. The van der Waals surface area contributed by atoms with Gasteiger partial charge in [-0.05, 0) is 39.0 Å². The second-order valence-corrected chi connectivity index (χ2v) is 7.11. The molecule has 3 rings (SSSR count). The summed E-state index contributed by atoms with van der Waals surface area (Å²) in [5.74, 6) is 0.110. The molecule has 0 bridgehead atoms. The molecule has 2 heterocycles. The molecular weight excluding hydrogens is 320 g/mol. The molecule has 0 aliphatic carbocycles. The Morgan fingerprint density at radius 1 is 1.21 bits per heavy atom. The van der Waals surface area contributed by atoms with E-state index in [1.807, 2.05) is 68.8 Å². The average Bonchev–Trinajstić information content (AvgIpc) is 3.10. The molecular formula is C18H20N4OS. The van der Waals surface area contributed by atoms with Crippen molar-refractivity contribution < 1.29 is 4.79 Å². The lowest BCUT2D eigenvalue weighted by molar-refractivity contribution is 0.0993. The smallest absolute Gasteiger partial charge is 0.191 e. The monoisotopic (exact) mass is 340 g/mol. The second-order valence-electron chi connectivity index (χ2n) is 5.80. The molecule has 0 saturated carbocycles. The van der Waals surface area contributed by atoms with Crippen LogP contribution in [0.5, 0.6) is 0 Å². The summed E-state index contributed by atoms with van der Waals surface area (Å²) in [4.78, 5) is 12.9. The van der Waals surface area contributed by atoms with Crippen LogP contribution in [0.4, 0.5) is 0 Å². The van der Waals surface area contributed by atoms with E-state index in [1.165, 1.54) is 11.8 Å². The molecule has 0 radical (unpaired) electrons. The normalized spacial score (nSPS) is 12.3. The van der Waals surface area contributed by atoms with E-state index in [1.54, 1.807) is 6.33 Å². The minimum absolute atomic E-state index is 0.110. The van der Waals surface area contributed by atoms with E-state index in [2.05, 4.69) is 14.8 Å². The van der Waals surface area contributed by atoms with Crippen LogP contribution in [0.1, 0.15) is 28.7 Å². The molecule has 1 aromatic carbocycles. The zero-order valence-electron chi connectivity index (χ0n) is 14.2. The number of rotatable bonds is 5. The Balaban J connectivity index is 1.90. The summed E-state index contributed by atoms with van der Waals surface area (Å²) in [5, 5.41) is 8.42. The first-order valence-corrected chi connectivity index (χ1v) is 8.66. The van der Waals surface area contributed by atoms with Gasteiger partial charge in [0.1, 0.15) is 6.33 Å². The Bertz CT molecular complexity index is 867. The lowest BCUT2D eigenvalue weighted by Gasteiger charge is -2.11. The van der Waals surface area contributed by atoms with Gasteiger partial charge in [-0.3, -0.25) is 4.79 Å². The van der Waals surface area contributed by atoms with Crippen molar-refractivity contribution in [2.45, 2.75) is 31.2 Å². The van der Waals surface area contributed by atoms with Crippen molar-refractivity contribution in [2.75, 3.05) is 0 Å². The van der Waals surface area contributed by atoms with Gasteiger partial charge >= 0.3 is 0 Å². The molecule has 3 aromatic rings. The number of thioether (sulfide) groups is 1. The number of Topliss-reactive ketones (excluding diaryl/α,β-unsaturated/α-hetero) is 1. The van der Waals surface area contributed by atoms with Crippen molar-refractivity contribution in [1.82, 2.24) is 19.3 Å². The number of aromatic nitrogens is 4. The highest BCUT2D eigenvalue weighted by atomic mass is 32.2. The van der Waals surface area contributed by atoms with Crippen molar-refractivity contribution >= 4 is 17.5 Å². The molecule has 0 saturated heterocycles. The number of hydrogen-bond donors (Lipinski definition) is 0. The molecule has 0 unspecified atom stereocenters. The molecule has 2 aromatic heterocycles. The Morgan fingerprint density at radius 3 is 2.54 bits per heavy atom. The Morgan fingerprint density at radius 2 is 1.92 bits per heavy atom. The zero-order valence-corrected chi connectivity index (χ0v) is 15.0. The first kappa shape index (κ1) is 16.5.